The predicted molar refractivity (Wildman–Crippen MR) is 127 cm³/mol. The van der Waals surface area contributed by atoms with Gasteiger partial charge in [-0.2, -0.15) is 0 Å². The maximum Gasteiger partial charge on any atom is 0.120 e. The Hall–Kier alpha value is -2.46. The van der Waals surface area contributed by atoms with Gasteiger partial charge in [-0.25, -0.2) is 0 Å². The number of unbranched alkanes of at least 4 members (excludes halogenated alkanes) is 1. The zero-order valence-electron chi connectivity index (χ0n) is 16.6. The molecule has 0 saturated carbocycles. The third-order valence-corrected chi connectivity index (χ3v) is 5.77. The van der Waals surface area contributed by atoms with E-state index in [4.69, 9.17) is 33.7 Å². The van der Waals surface area contributed by atoms with Crippen LogP contribution in [0.1, 0.15) is 24.0 Å². The molecule has 3 aromatic carbocycles. The van der Waals surface area contributed by atoms with E-state index in [9.17, 15) is 0 Å². The van der Waals surface area contributed by atoms with Gasteiger partial charge in [0.25, 0.3) is 0 Å². The van der Waals surface area contributed by atoms with Gasteiger partial charge in [0.1, 0.15) is 12.4 Å². The van der Waals surface area contributed by atoms with Crippen LogP contribution in [0.5, 0.6) is 5.75 Å². The number of ether oxygens (including phenoxy) is 1. The zero-order chi connectivity index (χ0) is 20.9. The lowest BCUT2D eigenvalue weighted by atomic mass is 10.00. The third kappa shape index (κ3) is 4.65. The van der Waals surface area contributed by atoms with Crippen LogP contribution in [0.15, 0.2) is 66.7 Å². The van der Waals surface area contributed by atoms with Gasteiger partial charge < -0.3 is 15.5 Å². The lowest BCUT2D eigenvalue weighted by Crippen LogP contribution is -1.99. The smallest absolute Gasteiger partial charge is 0.120 e. The maximum absolute atomic E-state index is 6.52. The fourth-order valence-electron chi connectivity index (χ4n) is 3.68. The van der Waals surface area contributed by atoms with Crippen LogP contribution in [-0.4, -0.2) is 11.5 Å². The van der Waals surface area contributed by atoms with Crippen LogP contribution in [-0.2, 0) is 13.0 Å². The van der Waals surface area contributed by atoms with Crippen LogP contribution < -0.4 is 10.5 Å². The number of H-pyrrole nitrogens is 1. The van der Waals surface area contributed by atoms with Gasteiger partial charge in [-0.15, -0.1) is 0 Å². The molecule has 3 nitrogen and oxygen atoms in total. The van der Waals surface area contributed by atoms with Crippen LogP contribution in [0.2, 0.25) is 10.0 Å². The molecule has 0 aliphatic rings. The Balaban J connectivity index is 1.72. The number of aromatic amines is 1. The van der Waals surface area contributed by atoms with Crippen LogP contribution in [0.3, 0.4) is 0 Å². The van der Waals surface area contributed by atoms with E-state index in [0.717, 1.165) is 52.7 Å². The highest BCUT2D eigenvalue weighted by Gasteiger charge is 2.16. The summed E-state index contributed by atoms with van der Waals surface area (Å²) in [6.07, 6.45) is 2.88. The van der Waals surface area contributed by atoms with Crippen molar-refractivity contribution in [2.24, 2.45) is 5.73 Å². The topological polar surface area (TPSA) is 51.0 Å². The molecule has 0 aliphatic carbocycles. The van der Waals surface area contributed by atoms with Gasteiger partial charge in [0.05, 0.1) is 5.69 Å². The van der Waals surface area contributed by atoms with Crippen molar-refractivity contribution in [3.8, 4) is 17.0 Å². The number of rotatable bonds is 8. The first-order valence-corrected chi connectivity index (χ1v) is 10.9. The molecule has 4 rings (SSSR count). The summed E-state index contributed by atoms with van der Waals surface area (Å²) in [5, 5.41) is 2.48. The Morgan fingerprint density at radius 1 is 0.900 bits per heavy atom. The van der Waals surface area contributed by atoms with Gasteiger partial charge in [0.15, 0.2) is 0 Å². The molecule has 0 spiro atoms. The minimum Gasteiger partial charge on any atom is -0.489 e. The minimum absolute atomic E-state index is 0.534. The average molecular weight is 439 g/mol. The summed E-state index contributed by atoms with van der Waals surface area (Å²) in [5.74, 6) is 0.842. The number of nitrogens with two attached hydrogens (primary N) is 1. The van der Waals surface area contributed by atoms with Gasteiger partial charge in [-0.05, 0) is 73.3 Å². The number of aryl methyl sites for hydroxylation is 1. The Labute approximate surface area is 186 Å². The fourth-order valence-corrected chi connectivity index (χ4v) is 4.07. The number of fused-ring (bicyclic) bond motifs is 1. The summed E-state index contributed by atoms with van der Waals surface area (Å²) < 4.78 is 6.06. The monoisotopic (exact) mass is 438 g/mol. The van der Waals surface area contributed by atoms with E-state index in [-0.39, 0.29) is 0 Å². The first-order chi connectivity index (χ1) is 14.7. The first-order valence-electron chi connectivity index (χ1n) is 10.1. The molecule has 154 valence electrons. The second-order valence-electron chi connectivity index (χ2n) is 7.33. The number of hydrogen-bond donors (Lipinski definition) is 2. The molecule has 30 heavy (non-hydrogen) atoms. The molecule has 3 N–H and O–H groups in total. The molecule has 1 heterocycles. The third-order valence-electron chi connectivity index (χ3n) is 5.20. The predicted octanol–water partition coefficient (Wildman–Crippen LogP) is 7.00. The van der Waals surface area contributed by atoms with Crippen molar-refractivity contribution in [1.82, 2.24) is 4.98 Å². The van der Waals surface area contributed by atoms with Crippen molar-refractivity contribution in [2.75, 3.05) is 6.54 Å². The quantitative estimate of drug-likeness (QED) is 0.290. The molecular formula is C25H24Cl2N2O. The van der Waals surface area contributed by atoms with Gasteiger partial charge in [0.2, 0.25) is 0 Å². The van der Waals surface area contributed by atoms with E-state index in [1.54, 1.807) is 6.07 Å². The van der Waals surface area contributed by atoms with E-state index < -0.39 is 0 Å². The number of benzene rings is 3. The minimum atomic E-state index is 0.534. The summed E-state index contributed by atoms with van der Waals surface area (Å²) >= 11 is 12.8. The van der Waals surface area contributed by atoms with E-state index in [1.165, 1.54) is 5.56 Å². The highest BCUT2D eigenvalue weighted by atomic mass is 35.5. The zero-order valence-corrected chi connectivity index (χ0v) is 18.1. The summed E-state index contributed by atoms with van der Waals surface area (Å²) in [7, 11) is 0. The first kappa shape index (κ1) is 20.8. The maximum atomic E-state index is 6.52. The van der Waals surface area contributed by atoms with Gasteiger partial charge in [-0.1, -0.05) is 53.5 Å². The molecule has 5 heteroatoms. The average Bonchev–Trinajstić information content (AvgIpc) is 3.12. The molecule has 0 aliphatic heterocycles. The Kier molecular flexibility index (Phi) is 6.63. The van der Waals surface area contributed by atoms with Crippen LogP contribution >= 0.6 is 23.2 Å². The molecule has 0 unspecified atom stereocenters. The largest absolute Gasteiger partial charge is 0.489 e. The molecule has 4 aromatic rings. The standard InChI is InChI=1S/C25H24Cl2N2O/c26-18-9-11-23(27)22(14-18)25-20(8-4-5-13-28)21-15-19(10-12-24(21)29-25)30-16-17-6-2-1-3-7-17/h1-3,6-7,9-12,14-15,29H,4-5,8,13,16,28H2. The fraction of sp³-hybridized carbons (Fsp3) is 0.200. The Morgan fingerprint density at radius 2 is 1.73 bits per heavy atom. The molecule has 0 radical (unpaired) electrons. The summed E-state index contributed by atoms with van der Waals surface area (Å²) in [6, 6.07) is 21.9. The number of halogens is 2. The Bertz CT molecular complexity index is 1140. The number of aromatic nitrogens is 1. The Morgan fingerprint density at radius 3 is 2.53 bits per heavy atom. The lowest BCUT2D eigenvalue weighted by Gasteiger charge is -2.09. The molecule has 0 amide bonds. The molecule has 0 bridgehead atoms. The molecule has 1 aromatic heterocycles. The second-order valence-corrected chi connectivity index (χ2v) is 8.17. The summed E-state index contributed by atoms with van der Waals surface area (Å²) in [5.41, 5.74) is 11.1. The number of hydrogen-bond acceptors (Lipinski definition) is 2. The van der Waals surface area contributed by atoms with E-state index in [2.05, 4.69) is 29.2 Å². The van der Waals surface area contributed by atoms with Crippen molar-refractivity contribution in [3.63, 3.8) is 0 Å². The van der Waals surface area contributed by atoms with Crippen LogP contribution in [0, 0.1) is 0 Å². The van der Waals surface area contributed by atoms with Gasteiger partial charge >= 0.3 is 0 Å². The van der Waals surface area contributed by atoms with E-state index >= 15 is 0 Å². The molecule has 0 atom stereocenters. The lowest BCUT2D eigenvalue weighted by molar-refractivity contribution is 0.306. The summed E-state index contributed by atoms with van der Waals surface area (Å²) in [4.78, 5) is 3.55. The highest BCUT2D eigenvalue weighted by molar-refractivity contribution is 6.35. The van der Waals surface area contributed by atoms with Gasteiger partial charge in [0, 0.05) is 26.5 Å². The van der Waals surface area contributed by atoms with Crippen molar-refractivity contribution in [3.05, 3.63) is 87.9 Å². The SMILES string of the molecule is NCCCCc1c(-c2cc(Cl)ccc2Cl)[nH]c2ccc(OCc3ccccc3)cc12. The van der Waals surface area contributed by atoms with Crippen molar-refractivity contribution in [1.29, 1.82) is 0 Å². The molecule has 0 saturated heterocycles. The van der Waals surface area contributed by atoms with Crippen molar-refractivity contribution < 1.29 is 4.74 Å². The highest BCUT2D eigenvalue weighted by Crippen LogP contribution is 2.38. The molecule has 0 fully saturated rings. The van der Waals surface area contributed by atoms with Crippen LogP contribution in [0.25, 0.3) is 22.2 Å². The van der Waals surface area contributed by atoms with Crippen molar-refractivity contribution in [2.45, 2.75) is 25.9 Å². The van der Waals surface area contributed by atoms with E-state index in [0.29, 0.717) is 23.2 Å². The van der Waals surface area contributed by atoms with Crippen LogP contribution in [0.4, 0.5) is 0 Å². The summed E-state index contributed by atoms with van der Waals surface area (Å²) in [6.45, 7) is 1.22. The van der Waals surface area contributed by atoms with Crippen molar-refractivity contribution >= 4 is 34.1 Å². The van der Waals surface area contributed by atoms with Gasteiger partial charge in [-0.3, -0.25) is 0 Å². The normalized spacial score (nSPS) is 11.2. The molecular weight excluding hydrogens is 415 g/mol. The number of nitrogens with one attached hydrogen (secondary N) is 1. The van der Waals surface area contributed by atoms with E-state index in [1.807, 2.05) is 36.4 Å². The second kappa shape index (κ2) is 9.57.